The van der Waals surface area contributed by atoms with Gasteiger partial charge in [0.2, 0.25) is 0 Å². The highest BCUT2D eigenvalue weighted by Crippen LogP contribution is 2.29. The number of nitrogens with one attached hydrogen (secondary N) is 1. The summed E-state index contributed by atoms with van der Waals surface area (Å²) < 4.78 is 0.926. The molecule has 0 radical (unpaired) electrons. The van der Waals surface area contributed by atoms with E-state index in [-0.39, 0.29) is 0 Å². The first kappa shape index (κ1) is 12.3. The SMILES string of the molecule is CNc1cc(C)nc(-c2cc(Cl)ccc2Br)n1. The molecule has 0 spiro atoms. The number of hydrogen-bond acceptors (Lipinski definition) is 3. The number of benzene rings is 1. The zero-order valence-corrected chi connectivity index (χ0v) is 11.8. The van der Waals surface area contributed by atoms with Gasteiger partial charge in [-0.1, -0.05) is 27.5 Å². The van der Waals surface area contributed by atoms with Crippen molar-refractivity contribution in [2.24, 2.45) is 0 Å². The summed E-state index contributed by atoms with van der Waals surface area (Å²) in [6, 6.07) is 7.45. The van der Waals surface area contributed by atoms with E-state index >= 15 is 0 Å². The number of anilines is 1. The van der Waals surface area contributed by atoms with Crippen LogP contribution in [0.3, 0.4) is 0 Å². The first-order valence-corrected chi connectivity index (χ1v) is 6.26. The van der Waals surface area contributed by atoms with Crippen molar-refractivity contribution in [1.82, 2.24) is 9.97 Å². The molecular weight excluding hydrogens is 302 g/mol. The van der Waals surface area contributed by atoms with Crippen LogP contribution in [0.25, 0.3) is 11.4 Å². The summed E-state index contributed by atoms with van der Waals surface area (Å²) >= 11 is 9.47. The van der Waals surface area contributed by atoms with E-state index in [4.69, 9.17) is 11.6 Å². The van der Waals surface area contributed by atoms with Gasteiger partial charge in [-0.15, -0.1) is 0 Å². The van der Waals surface area contributed by atoms with Gasteiger partial charge in [0.15, 0.2) is 5.82 Å². The molecule has 0 unspecified atom stereocenters. The summed E-state index contributed by atoms with van der Waals surface area (Å²) in [6.07, 6.45) is 0. The number of nitrogens with zero attached hydrogens (tertiary/aromatic N) is 2. The third-order valence-corrected chi connectivity index (χ3v) is 3.21. The molecule has 1 aromatic carbocycles. The average molecular weight is 313 g/mol. The van der Waals surface area contributed by atoms with Gasteiger partial charge in [-0.25, -0.2) is 9.97 Å². The Morgan fingerprint density at radius 3 is 2.71 bits per heavy atom. The van der Waals surface area contributed by atoms with Crippen LogP contribution in [0.2, 0.25) is 5.02 Å². The zero-order chi connectivity index (χ0) is 12.4. The van der Waals surface area contributed by atoms with Crippen LogP contribution in [-0.4, -0.2) is 17.0 Å². The van der Waals surface area contributed by atoms with Crippen molar-refractivity contribution in [2.75, 3.05) is 12.4 Å². The molecule has 0 aliphatic rings. The van der Waals surface area contributed by atoms with E-state index in [1.165, 1.54) is 0 Å². The second-order valence-corrected chi connectivity index (χ2v) is 4.88. The minimum Gasteiger partial charge on any atom is -0.373 e. The van der Waals surface area contributed by atoms with Crippen LogP contribution in [0.15, 0.2) is 28.7 Å². The Morgan fingerprint density at radius 2 is 2.00 bits per heavy atom. The highest BCUT2D eigenvalue weighted by Gasteiger charge is 2.08. The Morgan fingerprint density at radius 1 is 1.24 bits per heavy atom. The molecular formula is C12H11BrClN3. The lowest BCUT2D eigenvalue weighted by molar-refractivity contribution is 1.11. The molecule has 3 nitrogen and oxygen atoms in total. The molecule has 1 N–H and O–H groups in total. The Labute approximate surface area is 113 Å². The lowest BCUT2D eigenvalue weighted by atomic mass is 10.2. The molecule has 0 saturated carbocycles. The fourth-order valence-electron chi connectivity index (χ4n) is 1.49. The highest BCUT2D eigenvalue weighted by atomic mass is 79.9. The molecule has 0 aliphatic heterocycles. The predicted molar refractivity (Wildman–Crippen MR) is 74.5 cm³/mol. The largest absolute Gasteiger partial charge is 0.373 e. The van der Waals surface area contributed by atoms with Gasteiger partial charge < -0.3 is 5.32 Å². The van der Waals surface area contributed by atoms with Gasteiger partial charge in [0.05, 0.1) is 0 Å². The Hall–Kier alpha value is -1.13. The third kappa shape index (κ3) is 2.76. The lowest BCUT2D eigenvalue weighted by Crippen LogP contribution is -1.98. The fourth-order valence-corrected chi connectivity index (χ4v) is 2.08. The predicted octanol–water partition coefficient (Wildman–Crippen LogP) is 3.91. The summed E-state index contributed by atoms with van der Waals surface area (Å²) in [5, 5.41) is 3.68. The zero-order valence-electron chi connectivity index (χ0n) is 9.46. The van der Waals surface area contributed by atoms with Crippen molar-refractivity contribution in [2.45, 2.75) is 6.92 Å². The number of halogens is 2. The van der Waals surface area contributed by atoms with Gasteiger partial charge in [-0.2, -0.15) is 0 Å². The van der Waals surface area contributed by atoms with Crippen LogP contribution >= 0.6 is 27.5 Å². The second-order valence-electron chi connectivity index (χ2n) is 3.59. The van der Waals surface area contributed by atoms with Crippen LogP contribution in [0.1, 0.15) is 5.69 Å². The first-order valence-electron chi connectivity index (χ1n) is 5.09. The van der Waals surface area contributed by atoms with Crippen LogP contribution in [0, 0.1) is 6.92 Å². The van der Waals surface area contributed by atoms with Gasteiger partial charge in [-0.05, 0) is 25.1 Å². The van der Waals surface area contributed by atoms with Crippen molar-refractivity contribution >= 4 is 33.3 Å². The average Bonchev–Trinajstić information content (AvgIpc) is 2.31. The number of aromatic nitrogens is 2. The molecule has 0 amide bonds. The van der Waals surface area contributed by atoms with Crippen molar-refractivity contribution in [3.05, 3.63) is 39.5 Å². The van der Waals surface area contributed by atoms with E-state index < -0.39 is 0 Å². The number of hydrogen-bond donors (Lipinski definition) is 1. The molecule has 2 rings (SSSR count). The Bertz CT molecular complexity index is 557. The summed E-state index contributed by atoms with van der Waals surface area (Å²) in [7, 11) is 1.83. The number of aryl methyl sites for hydroxylation is 1. The lowest BCUT2D eigenvalue weighted by Gasteiger charge is -2.07. The van der Waals surface area contributed by atoms with Crippen molar-refractivity contribution in [3.63, 3.8) is 0 Å². The Kier molecular flexibility index (Phi) is 3.64. The van der Waals surface area contributed by atoms with E-state index in [1.807, 2.05) is 38.2 Å². The van der Waals surface area contributed by atoms with Crippen LogP contribution < -0.4 is 5.32 Å². The minimum absolute atomic E-state index is 0.656. The quantitative estimate of drug-likeness (QED) is 0.913. The van der Waals surface area contributed by atoms with E-state index in [1.54, 1.807) is 0 Å². The van der Waals surface area contributed by atoms with Gasteiger partial charge >= 0.3 is 0 Å². The van der Waals surface area contributed by atoms with E-state index in [9.17, 15) is 0 Å². The molecule has 0 fully saturated rings. The molecule has 1 aromatic heterocycles. The summed E-state index contributed by atoms with van der Waals surface area (Å²) in [5.74, 6) is 1.45. The van der Waals surface area contributed by atoms with Gasteiger partial charge in [-0.3, -0.25) is 0 Å². The van der Waals surface area contributed by atoms with Crippen molar-refractivity contribution < 1.29 is 0 Å². The molecule has 88 valence electrons. The maximum absolute atomic E-state index is 5.99. The molecule has 0 saturated heterocycles. The topological polar surface area (TPSA) is 37.8 Å². The molecule has 5 heteroatoms. The summed E-state index contributed by atoms with van der Waals surface area (Å²) in [5.41, 5.74) is 1.80. The van der Waals surface area contributed by atoms with Crippen LogP contribution in [0.5, 0.6) is 0 Å². The fraction of sp³-hybridized carbons (Fsp3) is 0.167. The monoisotopic (exact) mass is 311 g/mol. The van der Waals surface area contributed by atoms with Crippen molar-refractivity contribution in [1.29, 1.82) is 0 Å². The molecule has 0 bridgehead atoms. The highest BCUT2D eigenvalue weighted by molar-refractivity contribution is 9.10. The van der Waals surface area contributed by atoms with E-state index in [0.29, 0.717) is 10.8 Å². The molecule has 0 atom stereocenters. The summed E-state index contributed by atoms with van der Waals surface area (Å²) in [4.78, 5) is 8.83. The second kappa shape index (κ2) is 5.02. The van der Waals surface area contributed by atoms with Gasteiger partial charge in [0.1, 0.15) is 5.82 Å². The molecule has 1 heterocycles. The van der Waals surface area contributed by atoms with Gasteiger partial charge in [0.25, 0.3) is 0 Å². The normalized spacial score (nSPS) is 10.4. The van der Waals surface area contributed by atoms with E-state index in [2.05, 4.69) is 31.2 Å². The standard InChI is InChI=1S/C12H11BrClN3/c1-7-5-11(15-2)17-12(16-7)9-6-8(14)3-4-10(9)13/h3-6H,1-2H3,(H,15,16,17). The number of rotatable bonds is 2. The minimum atomic E-state index is 0.656. The van der Waals surface area contributed by atoms with Crippen LogP contribution in [-0.2, 0) is 0 Å². The maximum atomic E-state index is 5.99. The smallest absolute Gasteiger partial charge is 0.162 e. The van der Waals surface area contributed by atoms with Crippen LogP contribution in [0.4, 0.5) is 5.82 Å². The maximum Gasteiger partial charge on any atom is 0.162 e. The summed E-state index contributed by atoms with van der Waals surface area (Å²) in [6.45, 7) is 1.93. The first-order chi connectivity index (χ1) is 8.10. The van der Waals surface area contributed by atoms with Gasteiger partial charge in [0, 0.05) is 33.9 Å². The van der Waals surface area contributed by atoms with Crippen molar-refractivity contribution in [3.8, 4) is 11.4 Å². The third-order valence-electron chi connectivity index (χ3n) is 2.28. The molecule has 17 heavy (non-hydrogen) atoms. The molecule has 2 aromatic rings. The Balaban J connectivity index is 2.59. The molecule has 0 aliphatic carbocycles. The van der Waals surface area contributed by atoms with E-state index in [0.717, 1.165) is 21.5 Å².